The van der Waals surface area contributed by atoms with Gasteiger partial charge in [0.05, 0.1) is 0 Å². The average molecular weight is 512 g/mol. The molecule has 5 aromatic carbocycles. The minimum atomic E-state index is 0. The summed E-state index contributed by atoms with van der Waals surface area (Å²) in [5.74, 6) is 0. The molecule has 0 N–H and O–H groups in total. The maximum absolute atomic E-state index is 3.30. The molecular weight excluding hydrogens is 482 g/mol. The first-order valence-electron chi connectivity index (χ1n) is 12.4. The van der Waals surface area contributed by atoms with E-state index in [1.54, 1.807) is 0 Å². The fourth-order valence-corrected chi connectivity index (χ4v) is 4.89. The number of fused-ring (bicyclic) bond motifs is 6. The molecule has 0 heterocycles. The van der Waals surface area contributed by atoms with Gasteiger partial charge in [0.25, 0.3) is 0 Å². The van der Waals surface area contributed by atoms with Crippen LogP contribution in [0.15, 0.2) is 109 Å². The summed E-state index contributed by atoms with van der Waals surface area (Å²) in [4.78, 5) is 2.14. The second-order valence-electron chi connectivity index (χ2n) is 9.44. The molecule has 0 bridgehead atoms. The zero-order valence-electron chi connectivity index (χ0n) is 21.5. The fraction of sp³-hybridized carbons (Fsp3) is 0.143. The third-order valence-corrected chi connectivity index (χ3v) is 6.50. The molecular formula is C35H30NTi. The van der Waals surface area contributed by atoms with Crippen LogP contribution in [-0.4, -0.2) is 19.0 Å². The molecule has 37 heavy (non-hydrogen) atoms. The zero-order valence-corrected chi connectivity index (χ0v) is 23.0. The summed E-state index contributed by atoms with van der Waals surface area (Å²) >= 11 is 0. The summed E-state index contributed by atoms with van der Waals surface area (Å²) in [7, 11) is 4.12. The van der Waals surface area contributed by atoms with Crippen molar-refractivity contribution in [1.29, 1.82) is 0 Å². The molecule has 0 amide bonds. The van der Waals surface area contributed by atoms with Crippen LogP contribution >= 0.6 is 0 Å². The molecule has 0 saturated heterocycles. The van der Waals surface area contributed by atoms with E-state index in [1.165, 1.54) is 50.1 Å². The van der Waals surface area contributed by atoms with Crippen LogP contribution in [0.4, 0.5) is 0 Å². The van der Waals surface area contributed by atoms with E-state index in [9.17, 15) is 0 Å². The van der Waals surface area contributed by atoms with E-state index in [0.29, 0.717) is 0 Å². The van der Waals surface area contributed by atoms with E-state index < -0.39 is 0 Å². The standard InChI is InChI=1S/2C13H9.C9H12N.Ti/c2*1-3-7-12-10(5-1)9-11-6-2-4-8-13(11)12;1-10(2)8-9-6-4-3-5-7-9;/h2*1-5,7-8H,9H2;3-4,6-7H,8H2,1-2H3;/q3*-1;+3. The Balaban J connectivity index is 0.000000130. The van der Waals surface area contributed by atoms with Crippen molar-refractivity contribution in [3.05, 3.63) is 155 Å². The molecule has 179 valence electrons. The van der Waals surface area contributed by atoms with Crippen LogP contribution in [0.3, 0.4) is 0 Å². The summed E-state index contributed by atoms with van der Waals surface area (Å²) in [6.07, 6.45) is 2.10. The number of nitrogens with zero attached hydrogens (tertiary/aromatic N) is 1. The Bertz CT molecular complexity index is 1260. The topological polar surface area (TPSA) is 3.24 Å². The Morgan fingerprint density at radius 1 is 0.595 bits per heavy atom. The molecule has 7 rings (SSSR count). The molecule has 0 fully saturated rings. The SMILES string of the molecule is CN(C)Cc1c[c-]ccc1.[Ti+3].[c-]1cccc2c1Cc1ccccc1-2.[c-]1cccc2c1Cc1ccccc1-2. The number of rotatable bonds is 2. The van der Waals surface area contributed by atoms with Gasteiger partial charge in [0.15, 0.2) is 0 Å². The molecule has 5 aromatic rings. The summed E-state index contributed by atoms with van der Waals surface area (Å²) in [5, 5.41) is 0. The van der Waals surface area contributed by atoms with Crippen molar-refractivity contribution in [3.8, 4) is 22.3 Å². The second kappa shape index (κ2) is 12.8. The Morgan fingerprint density at radius 3 is 1.57 bits per heavy atom. The minimum absolute atomic E-state index is 0. The van der Waals surface area contributed by atoms with Gasteiger partial charge in [-0.15, -0.1) is 16.7 Å². The molecule has 0 unspecified atom stereocenters. The monoisotopic (exact) mass is 512 g/mol. The molecule has 0 atom stereocenters. The van der Waals surface area contributed by atoms with Crippen LogP contribution in [0.5, 0.6) is 0 Å². The molecule has 2 aliphatic carbocycles. The van der Waals surface area contributed by atoms with E-state index in [0.717, 1.165) is 19.4 Å². The predicted octanol–water partition coefficient (Wildman–Crippen LogP) is 7.66. The number of hydrogen-bond donors (Lipinski definition) is 0. The third-order valence-electron chi connectivity index (χ3n) is 6.50. The molecule has 0 saturated carbocycles. The number of hydrogen-bond acceptors (Lipinski definition) is 1. The summed E-state index contributed by atoms with van der Waals surface area (Å²) in [6, 6.07) is 47.3. The smallest absolute Gasteiger partial charge is 0.316 e. The second-order valence-corrected chi connectivity index (χ2v) is 9.44. The van der Waals surface area contributed by atoms with Gasteiger partial charge < -0.3 is 4.90 Å². The van der Waals surface area contributed by atoms with Crippen LogP contribution in [0.1, 0.15) is 27.8 Å². The Hall–Kier alpha value is -3.23. The molecule has 0 aliphatic heterocycles. The van der Waals surface area contributed by atoms with Crippen LogP contribution < -0.4 is 0 Å². The van der Waals surface area contributed by atoms with Crippen LogP contribution in [0.25, 0.3) is 22.3 Å². The van der Waals surface area contributed by atoms with Crippen molar-refractivity contribution in [3.63, 3.8) is 0 Å². The summed E-state index contributed by atoms with van der Waals surface area (Å²) < 4.78 is 0. The van der Waals surface area contributed by atoms with Gasteiger partial charge in [0, 0.05) is 0 Å². The maximum atomic E-state index is 3.30. The summed E-state index contributed by atoms with van der Waals surface area (Å²) in [6.45, 7) is 0.997. The minimum Gasteiger partial charge on any atom is -0.316 e. The molecule has 2 aliphatic rings. The van der Waals surface area contributed by atoms with Gasteiger partial charge in [-0.25, -0.2) is 0 Å². The van der Waals surface area contributed by atoms with E-state index in [2.05, 4.69) is 116 Å². The van der Waals surface area contributed by atoms with Crippen molar-refractivity contribution in [2.45, 2.75) is 19.4 Å². The van der Waals surface area contributed by atoms with Gasteiger partial charge in [-0.05, 0) is 33.5 Å². The van der Waals surface area contributed by atoms with Crippen molar-refractivity contribution in [1.82, 2.24) is 4.90 Å². The van der Waals surface area contributed by atoms with Crippen molar-refractivity contribution in [2.75, 3.05) is 14.1 Å². The van der Waals surface area contributed by atoms with Gasteiger partial charge in [-0.3, -0.25) is 0 Å². The van der Waals surface area contributed by atoms with Gasteiger partial charge in [-0.2, -0.15) is 90.0 Å². The predicted molar refractivity (Wildman–Crippen MR) is 150 cm³/mol. The molecule has 2 heteroatoms. The normalized spacial score (nSPS) is 11.4. The quantitative estimate of drug-likeness (QED) is 0.170. The summed E-state index contributed by atoms with van der Waals surface area (Å²) in [5.41, 5.74) is 12.3. The number of benzene rings is 5. The first kappa shape index (κ1) is 26.8. The Kier molecular flexibility index (Phi) is 9.31. The molecule has 0 spiro atoms. The largest absolute Gasteiger partial charge is 3.00 e. The van der Waals surface area contributed by atoms with Gasteiger partial charge in [0.2, 0.25) is 0 Å². The van der Waals surface area contributed by atoms with E-state index >= 15 is 0 Å². The van der Waals surface area contributed by atoms with Crippen molar-refractivity contribution < 1.29 is 21.7 Å². The van der Waals surface area contributed by atoms with Gasteiger partial charge in [0.1, 0.15) is 0 Å². The van der Waals surface area contributed by atoms with Crippen molar-refractivity contribution in [2.24, 2.45) is 0 Å². The first-order valence-corrected chi connectivity index (χ1v) is 12.4. The first-order chi connectivity index (χ1) is 17.7. The molecule has 1 radical (unpaired) electrons. The van der Waals surface area contributed by atoms with E-state index in [4.69, 9.17) is 0 Å². The zero-order chi connectivity index (χ0) is 24.7. The molecule has 0 aromatic heterocycles. The van der Waals surface area contributed by atoms with Crippen LogP contribution in [0, 0.1) is 18.2 Å². The van der Waals surface area contributed by atoms with Gasteiger partial charge >= 0.3 is 21.7 Å². The maximum Gasteiger partial charge on any atom is 3.00 e. The Labute approximate surface area is 236 Å². The van der Waals surface area contributed by atoms with Crippen LogP contribution in [-0.2, 0) is 41.1 Å². The van der Waals surface area contributed by atoms with Gasteiger partial charge in [-0.1, -0.05) is 70.8 Å². The van der Waals surface area contributed by atoms with Crippen molar-refractivity contribution >= 4 is 0 Å². The average Bonchev–Trinajstić information content (AvgIpc) is 3.48. The fourth-order valence-electron chi connectivity index (χ4n) is 4.89. The van der Waals surface area contributed by atoms with E-state index in [1.807, 2.05) is 30.3 Å². The molecule has 1 nitrogen and oxygen atoms in total. The van der Waals surface area contributed by atoms with Crippen LogP contribution in [0.2, 0.25) is 0 Å². The van der Waals surface area contributed by atoms with E-state index in [-0.39, 0.29) is 21.7 Å². The Morgan fingerprint density at radius 2 is 1.08 bits per heavy atom. The third kappa shape index (κ3) is 6.56.